The van der Waals surface area contributed by atoms with Crippen LogP contribution in [0.3, 0.4) is 0 Å². The lowest BCUT2D eigenvalue weighted by atomic mass is 10.1. The standard InChI is InChI=1S/C18H21ClN2O4/c1-12(2)8-9-21(17(22)13-6-4-5-7-14(13)19)10-16-20-15(11-25-16)18(23)24-3/h4-7,11-12H,8-10H2,1-3H3. The van der Waals surface area contributed by atoms with Crippen LogP contribution >= 0.6 is 11.6 Å². The summed E-state index contributed by atoms with van der Waals surface area (Å²) < 4.78 is 9.91. The third-order valence-electron chi connectivity index (χ3n) is 3.64. The number of aromatic nitrogens is 1. The molecule has 134 valence electrons. The van der Waals surface area contributed by atoms with Crippen LogP contribution in [-0.2, 0) is 11.3 Å². The van der Waals surface area contributed by atoms with Crippen molar-refractivity contribution in [1.82, 2.24) is 9.88 Å². The van der Waals surface area contributed by atoms with Crippen molar-refractivity contribution >= 4 is 23.5 Å². The van der Waals surface area contributed by atoms with Gasteiger partial charge in [-0.2, -0.15) is 0 Å². The highest BCUT2D eigenvalue weighted by Gasteiger charge is 2.21. The molecular formula is C18H21ClN2O4. The monoisotopic (exact) mass is 364 g/mol. The maximum atomic E-state index is 12.9. The maximum Gasteiger partial charge on any atom is 0.360 e. The minimum atomic E-state index is -0.582. The summed E-state index contributed by atoms with van der Waals surface area (Å²) >= 11 is 6.15. The van der Waals surface area contributed by atoms with Crippen molar-refractivity contribution in [2.45, 2.75) is 26.8 Å². The van der Waals surface area contributed by atoms with E-state index < -0.39 is 5.97 Å². The third kappa shape index (κ3) is 5.06. The fourth-order valence-corrected chi connectivity index (χ4v) is 2.43. The van der Waals surface area contributed by atoms with Gasteiger partial charge in [0.25, 0.3) is 5.91 Å². The van der Waals surface area contributed by atoms with Gasteiger partial charge in [-0.1, -0.05) is 37.6 Å². The van der Waals surface area contributed by atoms with Crippen LogP contribution in [0.4, 0.5) is 0 Å². The lowest BCUT2D eigenvalue weighted by Crippen LogP contribution is -2.32. The fourth-order valence-electron chi connectivity index (χ4n) is 2.22. The van der Waals surface area contributed by atoms with Crippen molar-refractivity contribution in [1.29, 1.82) is 0 Å². The largest absolute Gasteiger partial charge is 0.464 e. The lowest BCUT2D eigenvalue weighted by Gasteiger charge is -2.22. The molecule has 0 atom stereocenters. The van der Waals surface area contributed by atoms with E-state index in [1.165, 1.54) is 13.4 Å². The van der Waals surface area contributed by atoms with Crippen molar-refractivity contribution in [2.75, 3.05) is 13.7 Å². The SMILES string of the molecule is COC(=O)c1coc(CN(CCC(C)C)C(=O)c2ccccc2Cl)n1. The summed E-state index contributed by atoms with van der Waals surface area (Å²) in [6.07, 6.45) is 2.04. The predicted octanol–water partition coefficient (Wildman–Crippen LogP) is 3.80. The van der Waals surface area contributed by atoms with Gasteiger partial charge < -0.3 is 14.1 Å². The van der Waals surface area contributed by atoms with E-state index in [-0.39, 0.29) is 24.0 Å². The first-order valence-corrected chi connectivity index (χ1v) is 8.36. The molecule has 1 aromatic carbocycles. The molecule has 0 aliphatic heterocycles. The zero-order chi connectivity index (χ0) is 18.4. The molecule has 0 saturated heterocycles. The van der Waals surface area contributed by atoms with Gasteiger partial charge in [-0.15, -0.1) is 0 Å². The number of methoxy groups -OCH3 is 1. The lowest BCUT2D eigenvalue weighted by molar-refractivity contribution is 0.0594. The van der Waals surface area contributed by atoms with E-state index in [2.05, 4.69) is 23.6 Å². The van der Waals surface area contributed by atoms with Gasteiger partial charge in [0.2, 0.25) is 5.89 Å². The van der Waals surface area contributed by atoms with Gasteiger partial charge in [-0.05, 0) is 24.5 Å². The van der Waals surface area contributed by atoms with E-state index in [0.717, 1.165) is 6.42 Å². The Morgan fingerprint density at radius 2 is 2.04 bits per heavy atom. The Kier molecular flexibility index (Phi) is 6.58. The summed E-state index contributed by atoms with van der Waals surface area (Å²) in [6, 6.07) is 6.90. The van der Waals surface area contributed by atoms with Crippen LogP contribution in [0.1, 0.15) is 47.0 Å². The summed E-state index contributed by atoms with van der Waals surface area (Å²) in [5, 5.41) is 0.393. The molecule has 1 amide bonds. The molecule has 0 aliphatic carbocycles. The highest BCUT2D eigenvalue weighted by molar-refractivity contribution is 6.33. The quantitative estimate of drug-likeness (QED) is 0.698. The van der Waals surface area contributed by atoms with Gasteiger partial charge in [0.1, 0.15) is 6.26 Å². The average molecular weight is 365 g/mol. The zero-order valence-electron chi connectivity index (χ0n) is 14.5. The molecule has 1 heterocycles. The first-order valence-electron chi connectivity index (χ1n) is 7.99. The van der Waals surface area contributed by atoms with Crippen LogP contribution in [-0.4, -0.2) is 35.4 Å². The van der Waals surface area contributed by atoms with Crippen LogP contribution in [0.5, 0.6) is 0 Å². The number of halogens is 1. The minimum Gasteiger partial charge on any atom is -0.464 e. The molecule has 0 radical (unpaired) electrons. The molecule has 0 unspecified atom stereocenters. The molecule has 7 heteroatoms. The number of esters is 1. The number of rotatable bonds is 7. The first-order chi connectivity index (χ1) is 11.9. The Balaban J connectivity index is 2.20. The Morgan fingerprint density at radius 3 is 2.68 bits per heavy atom. The van der Waals surface area contributed by atoms with E-state index in [0.29, 0.717) is 23.0 Å². The summed E-state index contributed by atoms with van der Waals surface area (Å²) in [5.41, 5.74) is 0.499. The van der Waals surface area contributed by atoms with E-state index in [1.807, 2.05) is 0 Å². The van der Waals surface area contributed by atoms with E-state index >= 15 is 0 Å². The number of amides is 1. The molecule has 0 aliphatic rings. The number of hydrogen-bond acceptors (Lipinski definition) is 5. The Bertz CT molecular complexity index is 742. The van der Waals surface area contributed by atoms with Crippen LogP contribution < -0.4 is 0 Å². The van der Waals surface area contributed by atoms with E-state index in [9.17, 15) is 9.59 Å². The number of ether oxygens (including phenoxy) is 1. The van der Waals surface area contributed by atoms with Gasteiger partial charge in [-0.3, -0.25) is 4.79 Å². The molecule has 2 rings (SSSR count). The van der Waals surface area contributed by atoms with Crippen LogP contribution in [0.15, 0.2) is 34.9 Å². The number of nitrogens with zero attached hydrogens (tertiary/aromatic N) is 2. The van der Waals surface area contributed by atoms with Crippen LogP contribution in [0.2, 0.25) is 5.02 Å². The Morgan fingerprint density at radius 1 is 1.32 bits per heavy atom. The highest BCUT2D eigenvalue weighted by atomic mass is 35.5. The highest BCUT2D eigenvalue weighted by Crippen LogP contribution is 2.19. The number of carbonyl (C=O) groups excluding carboxylic acids is 2. The molecular weight excluding hydrogens is 344 g/mol. The second-order valence-electron chi connectivity index (χ2n) is 6.01. The molecule has 6 nitrogen and oxygen atoms in total. The second-order valence-corrected chi connectivity index (χ2v) is 6.41. The van der Waals surface area contributed by atoms with Gasteiger partial charge in [-0.25, -0.2) is 9.78 Å². The van der Waals surface area contributed by atoms with Crippen molar-refractivity contribution in [3.8, 4) is 0 Å². The molecule has 1 aromatic heterocycles. The van der Waals surface area contributed by atoms with E-state index in [1.54, 1.807) is 29.2 Å². The number of benzene rings is 1. The molecule has 25 heavy (non-hydrogen) atoms. The van der Waals surface area contributed by atoms with Crippen molar-refractivity contribution in [2.24, 2.45) is 5.92 Å². The summed E-state index contributed by atoms with van der Waals surface area (Å²) in [4.78, 5) is 30.0. The summed E-state index contributed by atoms with van der Waals surface area (Å²) in [6.45, 7) is 4.84. The molecule has 0 bridgehead atoms. The van der Waals surface area contributed by atoms with Crippen molar-refractivity contribution in [3.63, 3.8) is 0 Å². The van der Waals surface area contributed by atoms with Gasteiger partial charge in [0, 0.05) is 6.54 Å². The summed E-state index contributed by atoms with van der Waals surface area (Å²) in [7, 11) is 1.27. The molecule has 0 fully saturated rings. The number of hydrogen-bond donors (Lipinski definition) is 0. The van der Waals surface area contributed by atoms with E-state index in [4.69, 9.17) is 16.0 Å². The van der Waals surface area contributed by atoms with Crippen LogP contribution in [0, 0.1) is 5.92 Å². The molecule has 2 aromatic rings. The van der Waals surface area contributed by atoms with Crippen molar-refractivity contribution in [3.05, 3.63) is 52.7 Å². The first kappa shape index (κ1) is 19.0. The topological polar surface area (TPSA) is 72.6 Å². The summed E-state index contributed by atoms with van der Waals surface area (Å²) in [5.74, 6) is -0.0912. The fraction of sp³-hybridized carbons (Fsp3) is 0.389. The number of carbonyl (C=O) groups is 2. The smallest absolute Gasteiger partial charge is 0.360 e. The van der Waals surface area contributed by atoms with Crippen LogP contribution in [0.25, 0.3) is 0 Å². The zero-order valence-corrected chi connectivity index (χ0v) is 15.2. The number of oxazole rings is 1. The maximum absolute atomic E-state index is 12.9. The van der Waals surface area contributed by atoms with Gasteiger partial charge in [0.05, 0.1) is 24.2 Å². The second kappa shape index (κ2) is 8.67. The van der Waals surface area contributed by atoms with Gasteiger partial charge in [0.15, 0.2) is 5.69 Å². The minimum absolute atomic E-state index is 0.0755. The van der Waals surface area contributed by atoms with Gasteiger partial charge >= 0.3 is 5.97 Å². The molecule has 0 N–H and O–H groups in total. The Hall–Kier alpha value is -2.34. The molecule has 0 saturated carbocycles. The third-order valence-corrected chi connectivity index (χ3v) is 3.97. The Labute approximate surface area is 151 Å². The van der Waals surface area contributed by atoms with Crippen molar-refractivity contribution < 1.29 is 18.7 Å². The normalized spacial score (nSPS) is 10.8. The average Bonchev–Trinajstić information content (AvgIpc) is 3.06. The molecule has 0 spiro atoms. The predicted molar refractivity (Wildman–Crippen MR) is 93.5 cm³/mol.